The van der Waals surface area contributed by atoms with Gasteiger partial charge in [0.15, 0.2) is 0 Å². The Labute approximate surface area is 89.8 Å². The highest BCUT2D eigenvalue weighted by molar-refractivity contribution is 9.10. The van der Waals surface area contributed by atoms with E-state index in [1.54, 1.807) is 6.07 Å². The molecule has 3 nitrogen and oxygen atoms in total. The third-order valence-corrected chi connectivity index (χ3v) is 2.78. The third-order valence-electron chi connectivity index (χ3n) is 1.64. The van der Waals surface area contributed by atoms with Crippen LogP contribution in [0.4, 0.5) is 5.69 Å². The number of nitrogens with zero attached hydrogens (tertiary/aromatic N) is 1. The number of thiol groups is 1. The van der Waals surface area contributed by atoms with Gasteiger partial charge in [0.05, 0.1) is 9.40 Å². The highest BCUT2D eigenvalue weighted by Crippen LogP contribution is 2.28. The summed E-state index contributed by atoms with van der Waals surface area (Å²) < 4.78 is 0.564. The molecule has 0 N–H and O–H groups in total. The van der Waals surface area contributed by atoms with E-state index in [-0.39, 0.29) is 5.69 Å². The van der Waals surface area contributed by atoms with Crippen LogP contribution in [0.15, 0.2) is 22.7 Å². The minimum Gasteiger partial charge on any atom is -0.258 e. The summed E-state index contributed by atoms with van der Waals surface area (Å²) in [6.45, 7) is 0. The van der Waals surface area contributed by atoms with Gasteiger partial charge in [-0.1, -0.05) is 12.1 Å². The van der Waals surface area contributed by atoms with Crippen molar-refractivity contribution in [3.63, 3.8) is 0 Å². The van der Waals surface area contributed by atoms with Crippen LogP contribution in [-0.2, 0) is 6.42 Å². The Morgan fingerprint density at radius 3 is 2.77 bits per heavy atom. The lowest BCUT2D eigenvalue weighted by molar-refractivity contribution is -0.385. The smallest absolute Gasteiger partial charge is 0.258 e. The van der Waals surface area contributed by atoms with E-state index in [9.17, 15) is 10.1 Å². The van der Waals surface area contributed by atoms with Crippen molar-refractivity contribution in [2.45, 2.75) is 6.42 Å². The van der Waals surface area contributed by atoms with Crippen LogP contribution in [0.25, 0.3) is 0 Å². The lowest BCUT2D eigenvalue weighted by Gasteiger charge is -2.01. The Kier molecular flexibility index (Phi) is 3.74. The monoisotopic (exact) mass is 261 g/mol. The molecule has 0 fully saturated rings. The Bertz CT molecular complexity index is 330. The predicted molar refractivity (Wildman–Crippen MR) is 58.4 cm³/mol. The van der Waals surface area contributed by atoms with Crippen molar-refractivity contribution < 1.29 is 4.92 Å². The summed E-state index contributed by atoms with van der Waals surface area (Å²) in [5.74, 6) is 0.680. The molecular weight excluding hydrogens is 254 g/mol. The fourth-order valence-corrected chi connectivity index (χ4v) is 1.87. The Morgan fingerprint density at radius 1 is 1.54 bits per heavy atom. The number of nitro groups is 1. The molecule has 0 radical (unpaired) electrons. The number of nitro benzene ring substituents is 1. The second-order valence-corrected chi connectivity index (χ2v) is 3.72. The molecule has 0 aliphatic heterocycles. The predicted octanol–water partition coefficient (Wildman–Crippen LogP) is 2.83. The van der Waals surface area contributed by atoms with Crippen LogP contribution in [0.3, 0.4) is 0 Å². The van der Waals surface area contributed by atoms with Crippen LogP contribution in [0.1, 0.15) is 5.56 Å². The maximum absolute atomic E-state index is 10.5. The van der Waals surface area contributed by atoms with E-state index in [0.29, 0.717) is 10.2 Å². The van der Waals surface area contributed by atoms with Crippen molar-refractivity contribution in [3.8, 4) is 0 Å². The lowest BCUT2D eigenvalue weighted by Crippen LogP contribution is -1.94. The van der Waals surface area contributed by atoms with Crippen molar-refractivity contribution in [1.29, 1.82) is 0 Å². The molecule has 5 heteroatoms. The number of hydrogen-bond donors (Lipinski definition) is 1. The van der Waals surface area contributed by atoms with Crippen molar-refractivity contribution in [3.05, 3.63) is 38.3 Å². The first kappa shape index (κ1) is 10.5. The Balaban J connectivity index is 3.10. The molecule has 0 spiro atoms. The number of rotatable bonds is 3. The second kappa shape index (κ2) is 4.62. The summed E-state index contributed by atoms with van der Waals surface area (Å²) in [5, 5.41) is 10.5. The zero-order chi connectivity index (χ0) is 9.84. The molecule has 1 aromatic rings. The molecule has 1 aromatic carbocycles. The SMILES string of the molecule is O=[N+]([O-])c1cccc(CCS)c1Br. The molecule has 0 bridgehead atoms. The molecule has 1 rings (SSSR count). The summed E-state index contributed by atoms with van der Waals surface area (Å²) >= 11 is 7.28. The molecular formula is C8H8BrNO2S. The molecule has 13 heavy (non-hydrogen) atoms. The maximum Gasteiger partial charge on any atom is 0.283 e. The van der Waals surface area contributed by atoms with Gasteiger partial charge in [-0.3, -0.25) is 10.1 Å². The van der Waals surface area contributed by atoms with Gasteiger partial charge in [0.25, 0.3) is 5.69 Å². The van der Waals surface area contributed by atoms with Gasteiger partial charge >= 0.3 is 0 Å². The number of benzene rings is 1. The van der Waals surface area contributed by atoms with E-state index in [1.165, 1.54) is 6.07 Å². The van der Waals surface area contributed by atoms with E-state index in [0.717, 1.165) is 12.0 Å². The quantitative estimate of drug-likeness (QED) is 0.517. The summed E-state index contributed by atoms with van der Waals surface area (Å²) in [4.78, 5) is 10.1. The fourth-order valence-electron chi connectivity index (χ4n) is 1.02. The van der Waals surface area contributed by atoms with Crippen molar-refractivity contribution in [2.75, 3.05) is 5.75 Å². The Morgan fingerprint density at radius 2 is 2.23 bits per heavy atom. The minimum absolute atomic E-state index is 0.110. The maximum atomic E-state index is 10.5. The number of hydrogen-bond acceptors (Lipinski definition) is 3. The molecule has 70 valence electrons. The van der Waals surface area contributed by atoms with Crippen LogP contribution < -0.4 is 0 Å². The molecule has 0 aliphatic rings. The lowest BCUT2D eigenvalue weighted by atomic mass is 10.1. The molecule has 0 amide bonds. The van der Waals surface area contributed by atoms with Crippen LogP contribution in [0.5, 0.6) is 0 Å². The second-order valence-electron chi connectivity index (χ2n) is 2.48. The van der Waals surface area contributed by atoms with Gasteiger partial charge in [0, 0.05) is 6.07 Å². The first-order valence-electron chi connectivity index (χ1n) is 3.69. The normalized spacial score (nSPS) is 10.0. The van der Waals surface area contributed by atoms with E-state index < -0.39 is 4.92 Å². The third kappa shape index (κ3) is 2.45. The number of aryl methyl sites for hydroxylation is 1. The van der Waals surface area contributed by atoms with Gasteiger partial charge in [-0.25, -0.2) is 0 Å². The van der Waals surface area contributed by atoms with E-state index >= 15 is 0 Å². The summed E-state index contributed by atoms with van der Waals surface area (Å²) in [5.41, 5.74) is 1.03. The molecule has 0 saturated carbocycles. The molecule has 0 atom stereocenters. The zero-order valence-electron chi connectivity index (χ0n) is 6.74. The van der Waals surface area contributed by atoms with Crippen LogP contribution in [0, 0.1) is 10.1 Å². The van der Waals surface area contributed by atoms with Crippen molar-refractivity contribution in [2.24, 2.45) is 0 Å². The van der Waals surface area contributed by atoms with Crippen molar-refractivity contribution >= 4 is 34.2 Å². The number of halogens is 1. The van der Waals surface area contributed by atoms with E-state index in [1.807, 2.05) is 6.07 Å². The van der Waals surface area contributed by atoms with E-state index in [4.69, 9.17) is 0 Å². The molecule has 0 heterocycles. The van der Waals surface area contributed by atoms with Gasteiger partial charge in [0.1, 0.15) is 0 Å². The summed E-state index contributed by atoms with van der Waals surface area (Å²) in [6.07, 6.45) is 0.728. The molecule has 0 aliphatic carbocycles. The van der Waals surface area contributed by atoms with Gasteiger partial charge in [-0.05, 0) is 33.7 Å². The average Bonchev–Trinajstić information content (AvgIpc) is 2.08. The summed E-state index contributed by atoms with van der Waals surface area (Å²) in [6, 6.07) is 5.01. The van der Waals surface area contributed by atoms with Gasteiger partial charge in [-0.2, -0.15) is 12.6 Å². The summed E-state index contributed by atoms with van der Waals surface area (Å²) in [7, 11) is 0. The first-order valence-corrected chi connectivity index (χ1v) is 5.12. The van der Waals surface area contributed by atoms with Crippen molar-refractivity contribution in [1.82, 2.24) is 0 Å². The van der Waals surface area contributed by atoms with Crippen LogP contribution >= 0.6 is 28.6 Å². The minimum atomic E-state index is -0.397. The fraction of sp³-hybridized carbons (Fsp3) is 0.250. The largest absolute Gasteiger partial charge is 0.283 e. The zero-order valence-corrected chi connectivity index (χ0v) is 9.22. The van der Waals surface area contributed by atoms with Gasteiger partial charge in [-0.15, -0.1) is 0 Å². The van der Waals surface area contributed by atoms with Crippen LogP contribution in [-0.4, -0.2) is 10.7 Å². The highest BCUT2D eigenvalue weighted by Gasteiger charge is 2.13. The van der Waals surface area contributed by atoms with Crippen LogP contribution in [0.2, 0.25) is 0 Å². The Hall–Kier alpha value is -0.550. The molecule has 0 saturated heterocycles. The first-order chi connectivity index (χ1) is 6.16. The highest BCUT2D eigenvalue weighted by atomic mass is 79.9. The average molecular weight is 262 g/mol. The topological polar surface area (TPSA) is 43.1 Å². The van der Waals surface area contributed by atoms with Gasteiger partial charge in [0.2, 0.25) is 0 Å². The molecule has 0 aromatic heterocycles. The standard InChI is InChI=1S/C8H8BrNO2S/c9-8-6(4-5-13)2-1-3-7(8)10(11)12/h1-3,13H,4-5H2. The van der Waals surface area contributed by atoms with E-state index in [2.05, 4.69) is 28.6 Å². The van der Waals surface area contributed by atoms with Gasteiger partial charge < -0.3 is 0 Å². The molecule has 0 unspecified atom stereocenters.